The van der Waals surface area contributed by atoms with Gasteiger partial charge in [-0.2, -0.15) is 13.2 Å². The molecule has 20 heavy (non-hydrogen) atoms. The molecule has 0 spiro atoms. The minimum absolute atomic E-state index is 0.0106. The normalized spacial score (nSPS) is 15.8. The maximum atomic E-state index is 12.0. The lowest BCUT2D eigenvalue weighted by Crippen LogP contribution is -2.17. The van der Waals surface area contributed by atoms with E-state index in [2.05, 4.69) is 20.7 Å². The quantitative estimate of drug-likeness (QED) is 0.551. The van der Waals surface area contributed by atoms with Crippen LogP contribution in [0.3, 0.4) is 0 Å². The van der Waals surface area contributed by atoms with Crippen molar-refractivity contribution < 1.29 is 22.6 Å². The Morgan fingerprint density at radius 3 is 2.85 bits per heavy atom. The zero-order valence-electron chi connectivity index (χ0n) is 10.5. The summed E-state index contributed by atoms with van der Waals surface area (Å²) in [5.74, 6) is 0.784. The fourth-order valence-electron chi connectivity index (χ4n) is 2.06. The molecule has 1 aliphatic heterocycles. The summed E-state index contributed by atoms with van der Waals surface area (Å²) >= 11 is 9.49. The van der Waals surface area contributed by atoms with Crippen LogP contribution in [0, 0.1) is 0 Å². The number of halogens is 5. The molecule has 112 valence electrons. The van der Waals surface area contributed by atoms with Gasteiger partial charge in [0.1, 0.15) is 12.4 Å². The second-order valence-electron chi connectivity index (χ2n) is 4.51. The zero-order valence-corrected chi connectivity index (χ0v) is 12.8. The number of fused-ring (bicyclic) bond motifs is 1. The monoisotopic (exact) mass is 372 g/mol. The molecular formula is C13H13BrClF3O2. The third kappa shape index (κ3) is 4.27. The Bertz CT molecular complexity index is 479. The van der Waals surface area contributed by atoms with Crippen LogP contribution in [-0.2, 0) is 11.2 Å². The van der Waals surface area contributed by atoms with Crippen molar-refractivity contribution in [2.75, 3.05) is 19.8 Å². The van der Waals surface area contributed by atoms with E-state index < -0.39 is 12.8 Å². The molecule has 2 rings (SSSR count). The van der Waals surface area contributed by atoms with Crippen LogP contribution in [0.5, 0.6) is 5.75 Å². The summed E-state index contributed by atoms with van der Waals surface area (Å²) in [6, 6.07) is 3.63. The van der Waals surface area contributed by atoms with Crippen molar-refractivity contribution in [2.24, 2.45) is 0 Å². The van der Waals surface area contributed by atoms with E-state index in [1.807, 2.05) is 6.07 Å². The van der Waals surface area contributed by atoms with Gasteiger partial charge in [-0.1, -0.05) is 27.5 Å². The fraction of sp³-hybridized carbons (Fsp3) is 0.538. The van der Waals surface area contributed by atoms with Crippen LogP contribution in [-0.4, -0.2) is 26.0 Å². The molecular weight excluding hydrogens is 360 g/mol. The summed E-state index contributed by atoms with van der Waals surface area (Å²) in [5.41, 5.74) is 1.90. The first-order valence-electron chi connectivity index (χ1n) is 6.10. The molecule has 0 fully saturated rings. The van der Waals surface area contributed by atoms with Gasteiger partial charge in [0.05, 0.1) is 6.61 Å². The van der Waals surface area contributed by atoms with Gasteiger partial charge in [-0.25, -0.2) is 0 Å². The van der Waals surface area contributed by atoms with E-state index >= 15 is 0 Å². The van der Waals surface area contributed by atoms with Crippen molar-refractivity contribution in [3.8, 4) is 5.75 Å². The smallest absolute Gasteiger partial charge is 0.411 e. The average molecular weight is 374 g/mol. The second kappa shape index (κ2) is 6.54. The zero-order chi connectivity index (χ0) is 14.8. The van der Waals surface area contributed by atoms with Crippen molar-refractivity contribution in [3.05, 3.63) is 28.3 Å². The van der Waals surface area contributed by atoms with Gasteiger partial charge in [0.15, 0.2) is 0 Å². The van der Waals surface area contributed by atoms with E-state index in [9.17, 15) is 13.2 Å². The molecule has 1 aliphatic rings. The van der Waals surface area contributed by atoms with Crippen molar-refractivity contribution in [3.63, 3.8) is 0 Å². The van der Waals surface area contributed by atoms with Crippen LogP contribution in [0.2, 0.25) is 5.02 Å². The Balaban J connectivity index is 1.95. The summed E-state index contributed by atoms with van der Waals surface area (Å²) in [7, 11) is 0. The Kier molecular flexibility index (Phi) is 5.20. The van der Waals surface area contributed by atoms with Crippen LogP contribution < -0.4 is 4.74 Å². The molecule has 0 saturated carbocycles. The number of hydrogen-bond acceptors (Lipinski definition) is 2. The maximum absolute atomic E-state index is 12.0. The summed E-state index contributed by atoms with van der Waals surface area (Å²) in [5, 5.41) is 0.602. The summed E-state index contributed by atoms with van der Waals surface area (Å²) in [6.07, 6.45) is -3.08. The van der Waals surface area contributed by atoms with Gasteiger partial charge in [0.2, 0.25) is 0 Å². The van der Waals surface area contributed by atoms with Crippen molar-refractivity contribution in [1.82, 2.24) is 0 Å². The van der Waals surface area contributed by atoms with Crippen molar-refractivity contribution >= 4 is 27.5 Å². The van der Waals surface area contributed by atoms with Gasteiger partial charge in [0.25, 0.3) is 0 Å². The molecule has 0 radical (unpaired) electrons. The number of hydrogen-bond donors (Lipinski definition) is 0. The van der Waals surface area contributed by atoms with Crippen LogP contribution >= 0.6 is 27.5 Å². The minimum Gasteiger partial charge on any atom is -0.493 e. The first-order valence-corrected chi connectivity index (χ1v) is 7.40. The molecule has 0 aliphatic carbocycles. The third-order valence-corrected chi connectivity index (χ3v) is 4.07. The first kappa shape index (κ1) is 15.9. The summed E-state index contributed by atoms with van der Waals surface area (Å²) in [6.45, 7) is -0.611. The number of ether oxygens (including phenoxy) is 2. The topological polar surface area (TPSA) is 18.5 Å². The Hall–Kier alpha value is -0.460. The Morgan fingerprint density at radius 2 is 2.15 bits per heavy atom. The SMILES string of the molecule is FC(F)(F)COCCC(Br)c1cc(Cl)cc2c1OCC2. The predicted octanol–water partition coefficient (Wildman–Crippen LogP) is 4.68. The molecule has 1 atom stereocenters. The molecule has 0 saturated heterocycles. The van der Waals surface area contributed by atoms with E-state index in [0.29, 0.717) is 18.1 Å². The molecule has 0 amide bonds. The minimum atomic E-state index is -4.29. The van der Waals surface area contributed by atoms with Gasteiger partial charge >= 0.3 is 6.18 Å². The van der Waals surface area contributed by atoms with E-state index in [1.54, 1.807) is 6.07 Å². The molecule has 7 heteroatoms. The third-order valence-electron chi connectivity index (χ3n) is 2.90. The molecule has 0 N–H and O–H groups in total. The fourth-order valence-corrected chi connectivity index (χ4v) is 2.84. The van der Waals surface area contributed by atoms with Crippen LogP contribution in [0.1, 0.15) is 22.4 Å². The predicted molar refractivity (Wildman–Crippen MR) is 73.8 cm³/mol. The molecule has 0 bridgehead atoms. The lowest BCUT2D eigenvalue weighted by atomic mass is 10.0. The Morgan fingerprint density at radius 1 is 1.40 bits per heavy atom. The van der Waals surface area contributed by atoms with Crippen molar-refractivity contribution in [1.29, 1.82) is 0 Å². The summed E-state index contributed by atoms with van der Waals surface area (Å²) < 4.78 is 46.1. The maximum Gasteiger partial charge on any atom is 0.411 e. The molecule has 1 aromatic carbocycles. The van der Waals surface area contributed by atoms with Crippen molar-refractivity contribution in [2.45, 2.75) is 23.8 Å². The van der Waals surface area contributed by atoms with Gasteiger partial charge in [-0.3, -0.25) is 0 Å². The standard InChI is InChI=1S/C13H13BrClF3O2/c14-11(2-3-19-7-13(16,17)18)10-6-9(15)5-8-1-4-20-12(8)10/h5-6,11H,1-4,7H2. The van der Waals surface area contributed by atoms with Crippen LogP contribution in [0.4, 0.5) is 13.2 Å². The largest absolute Gasteiger partial charge is 0.493 e. The number of alkyl halides is 4. The lowest BCUT2D eigenvalue weighted by molar-refractivity contribution is -0.174. The highest BCUT2D eigenvalue weighted by Gasteiger charge is 2.27. The molecule has 1 unspecified atom stereocenters. The lowest BCUT2D eigenvalue weighted by Gasteiger charge is -2.15. The van der Waals surface area contributed by atoms with E-state index in [0.717, 1.165) is 23.3 Å². The van der Waals surface area contributed by atoms with Crippen LogP contribution in [0.25, 0.3) is 0 Å². The van der Waals surface area contributed by atoms with E-state index in [4.69, 9.17) is 16.3 Å². The highest BCUT2D eigenvalue weighted by molar-refractivity contribution is 9.09. The second-order valence-corrected chi connectivity index (χ2v) is 6.05. The van der Waals surface area contributed by atoms with E-state index in [-0.39, 0.29) is 11.4 Å². The summed E-state index contributed by atoms with van der Waals surface area (Å²) in [4.78, 5) is -0.152. The van der Waals surface area contributed by atoms with Gasteiger partial charge in [-0.15, -0.1) is 0 Å². The van der Waals surface area contributed by atoms with Gasteiger partial charge in [-0.05, 0) is 24.1 Å². The first-order chi connectivity index (χ1) is 9.37. The molecule has 2 nitrogen and oxygen atoms in total. The highest BCUT2D eigenvalue weighted by Crippen LogP contribution is 2.40. The Labute approximate surface area is 128 Å². The molecule has 0 aromatic heterocycles. The van der Waals surface area contributed by atoms with Crippen LogP contribution in [0.15, 0.2) is 12.1 Å². The number of benzene rings is 1. The van der Waals surface area contributed by atoms with Gasteiger partial charge < -0.3 is 9.47 Å². The van der Waals surface area contributed by atoms with Gasteiger partial charge in [0, 0.05) is 28.4 Å². The average Bonchev–Trinajstić information content (AvgIpc) is 2.80. The highest BCUT2D eigenvalue weighted by atomic mass is 79.9. The molecule has 1 heterocycles. The van der Waals surface area contributed by atoms with E-state index in [1.165, 1.54) is 0 Å². The number of rotatable bonds is 5. The molecule has 1 aromatic rings.